The number of benzene rings is 2. The molecule has 0 bridgehead atoms. The van der Waals surface area contributed by atoms with Gasteiger partial charge in [0.05, 0.1) is 29.1 Å². The zero-order valence-corrected chi connectivity index (χ0v) is 26.0. The Morgan fingerprint density at radius 3 is 1.80 bits per heavy atom. The van der Waals surface area contributed by atoms with E-state index in [0.29, 0.717) is 17.5 Å². The second kappa shape index (κ2) is 17.0. The van der Waals surface area contributed by atoms with Crippen molar-refractivity contribution in [3.05, 3.63) is 54.1 Å². The van der Waals surface area contributed by atoms with Gasteiger partial charge < -0.3 is 4.57 Å². The van der Waals surface area contributed by atoms with Crippen LogP contribution in [0.5, 0.6) is 0 Å². The van der Waals surface area contributed by atoms with Gasteiger partial charge in [0.15, 0.2) is 0 Å². The van der Waals surface area contributed by atoms with Crippen LogP contribution >= 0.6 is 0 Å². The van der Waals surface area contributed by atoms with E-state index in [2.05, 4.69) is 11.9 Å². The van der Waals surface area contributed by atoms with E-state index in [4.69, 9.17) is 4.18 Å². The molecule has 228 valence electrons. The first-order chi connectivity index (χ1) is 19.7. The van der Waals surface area contributed by atoms with Crippen molar-refractivity contribution < 1.29 is 25.6 Å². The highest BCUT2D eigenvalue weighted by Gasteiger charge is 2.26. The highest BCUT2D eigenvalue weighted by Crippen LogP contribution is 2.25. The largest absolute Gasteiger partial charge is 0.331 e. The second-order valence-corrected chi connectivity index (χ2v) is 13.7. The van der Waals surface area contributed by atoms with Gasteiger partial charge in [-0.25, -0.2) is 4.98 Å². The number of para-hydroxylation sites is 2. The van der Waals surface area contributed by atoms with Gasteiger partial charge in [-0.05, 0) is 30.2 Å². The van der Waals surface area contributed by atoms with Gasteiger partial charge in [0, 0.05) is 0 Å². The summed E-state index contributed by atoms with van der Waals surface area (Å²) in [6.45, 7) is 2.19. The summed E-state index contributed by atoms with van der Waals surface area (Å²) in [4.78, 5) is 4.02. The lowest BCUT2D eigenvalue weighted by molar-refractivity contribution is 0.301. The smallest absolute Gasteiger partial charge is 0.308 e. The molecule has 0 saturated heterocycles. The Bertz CT molecular complexity index is 1420. The number of rotatable bonds is 21. The average Bonchev–Trinajstić information content (AvgIpc) is 3.32. The van der Waals surface area contributed by atoms with Gasteiger partial charge in [-0.3, -0.25) is 8.74 Å². The Labute approximate surface area is 246 Å². The van der Waals surface area contributed by atoms with Crippen LogP contribution in [0.3, 0.4) is 0 Å². The molecule has 0 amide bonds. The van der Waals surface area contributed by atoms with Gasteiger partial charge in [0.25, 0.3) is 15.3 Å². The fourth-order valence-electron chi connectivity index (χ4n) is 5.15. The molecule has 0 aliphatic heterocycles. The molecule has 2 aromatic carbocycles. The summed E-state index contributed by atoms with van der Waals surface area (Å²) in [6.07, 6.45) is 18.3. The van der Waals surface area contributed by atoms with Crippen LogP contribution in [0.25, 0.3) is 11.0 Å². The van der Waals surface area contributed by atoms with E-state index in [-0.39, 0.29) is 28.8 Å². The number of nitrogens with zero attached hydrogens (tertiary/aromatic N) is 2. The molecule has 8 nitrogen and oxygen atoms in total. The number of hydrogen-bond donors (Lipinski definition) is 1. The van der Waals surface area contributed by atoms with E-state index in [1.807, 2.05) is 0 Å². The SMILES string of the molecule is CCCCCCCCCCCCCCCCCOS(=O)(=O)c1nc2ccccc2n1Cc1ccccc1S(=O)(=O)O. The molecular formula is C31H46N2O6S2. The van der Waals surface area contributed by atoms with Crippen molar-refractivity contribution in [2.24, 2.45) is 0 Å². The van der Waals surface area contributed by atoms with Crippen LogP contribution in [0, 0.1) is 0 Å². The van der Waals surface area contributed by atoms with Crippen LogP contribution in [0.4, 0.5) is 0 Å². The number of aromatic nitrogens is 2. The minimum atomic E-state index is -4.49. The van der Waals surface area contributed by atoms with Crippen molar-refractivity contribution in [2.45, 2.75) is 120 Å². The summed E-state index contributed by atoms with van der Waals surface area (Å²) in [5.74, 6) is 0. The number of unbranched alkanes of at least 4 members (excludes halogenated alkanes) is 14. The molecule has 41 heavy (non-hydrogen) atoms. The van der Waals surface area contributed by atoms with E-state index in [9.17, 15) is 21.4 Å². The van der Waals surface area contributed by atoms with E-state index >= 15 is 0 Å². The Balaban J connectivity index is 1.44. The van der Waals surface area contributed by atoms with Crippen LogP contribution in [-0.2, 0) is 31.0 Å². The van der Waals surface area contributed by atoms with Crippen molar-refractivity contribution in [1.82, 2.24) is 9.55 Å². The quantitative estimate of drug-likeness (QED) is 0.0744. The Kier molecular flexibility index (Phi) is 13.8. The summed E-state index contributed by atoms with van der Waals surface area (Å²) < 4.78 is 66.5. The Hall–Kier alpha value is -2.27. The van der Waals surface area contributed by atoms with Crippen LogP contribution in [0.1, 0.15) is 109 Å². The molecule has 10 heteroatoms. The Morgan fingerprint density at radius 1 is 0.707 bits per heavy atom. The molecule has 1 aromatic heterocycles. The summed E-state index contributed by atoms with van der Waals surface area (Å²) >= 11 is 0. The van der Waals surface area contributed by atoms with Crippen molar-refractivity contribution in [2.75, 3.05) is 6.61 Å². The minimum Gasteiger partial charge on any atom is -0.308 e. The predicted octanol–water partition coefficient (Wildman–Crippen LogP) is 7.91. The van der Waals surface area contributed by atoms with Gasteiger partial charge >= 0.3 is 10.1 Å². The third kappa shape index (κ3) is 10.8. The van der Waals surface area contributed by atoms with Crippen LogP contribution in [-0.4, -0.2) is 37.5 Å². The maximum absolute atomic E-state index is 13.2. The van der Waals surface area contributed by atoms with Crippen LogP contribution in [0.15, 0.2) is 58.6 Å². The van der Waals surface area contributed by atoms with Crippen molar-refractivity contribution >= 4 is 31.3 Å². The molecule has 3 aromatic rings. The van der Waals surface area contributed by atoms with Crippen molar-refractivity contribution in [3.63, 3.8) is 0 Å². The number of fused-ring (bicyclic) bond motifs is 1. The molecule has 0 aliphatic rings. The minimum absolute atomic E-state index is 0.0609. The molecule has 0 radical (unpaired) electrons. The molecule has 0 spiro atoms. The normalized spacial score (nSPS) is 12.3. The topological polar surface area (TPSA) is 116 Å². The van der Waals surface area contributed by atoms with E-state index in [0.717, 1.165) is 19.3 Å². The number of hydrogen-bond acceptors (Lipinski definition) is 6. The molecule has 1 heterocycles. The summed E-state index contributed by atoms with van der Waals surface area (Å²) in [7, 11) is -8.69. The fraction of sp³-hybridized carbons (Fsp3) is 0.581. The molecule has 0 saturated carbocycles. The summed E-state index contributed by atoms with van der Waals surface area (Å²) in [5.41, 5.74) is 1.22. The van der Waals surface area contributed by atoms with E-state index in [1.165, 1.54) is 93.4 Å². The van der Waals surface area contributed by atoms with Gasteiger partial charge in [0.2, 0.25) is 0 Å². The molecule has 0 atom stereocenters. The van der Waals surface area contributed by atoms with Crippen LogP contribution in [0.2, 0.25) is 0 Å². The molecule has 0 fully saturated rings. The number of imidazole rings is 1. The molecule has 3 rings (SSSR count). The van der Waals surface area contributed by atoms with E-state index in [1.54, 1.807) is 30.3 Å². The fourth-order valence-corrected chi connectivity index (χ4v) is 6.95. The zero-order chi connectivity index (χ0) is 29.6. The lowest BCUT2D eigenvalue weighted by Gasteiger charge is -2.12. The van der Waals surface area contributed by atoms with Gasteiger partial charge in [-0.1, -0.05) is 127 Å². The monoisotopic (exact) mass is 606 g/mol. The molecule has 0 unspecified atom stereocenters. The van der Waals surface area contributed by atoms with Gasteiger partial charge in [-0.2, -0.15) is 16.8 Å². The first kappa shape index (κ1) is 33.2. The predicted molar refractivity (Wildman–Crippen MR) is 163 cm³/mol. The summed E-state index contributed by atoms with van der Waals surface area (Å²) in [5, 5.41) is -0.287. The summed E-state index contributed by atoms with van der Waals surface area (Å²) in [6, 6.07) is 12.8. The Morgan fingerprint density at radius 2 is 1.22 bits per heavy atom. The molecule has 0 aliphatic carbocycles. The maximum Gasteiger partial charge on any atom is 0.331 e. The third-order valence-electron chi connectivity index (χ3n) is 7.41. The standard InChI is InChI=1S/C31H46N2O6S2/c1-2-3-4-5-6-7-8-9-10-11-12-13-14-15-20-25-39-41(37,38)31-32-28-22-17-18-23-29(28)33(31)26-27-21-16-19-24-30(27)40(34,35)36/h16-19,21-24H,2-15,20,25-26H2,1H3,(H,34,35,36). The first-order valence-corrected chi connectivity index (χ1v) is 18.0. The highest BCUT2D eigenvalue weighted by atomic mass is 32.2. The van der Waals surface area contributed by atoms with E-state index < -0.39 is 20.2 Å². The maximum atomic E-state index is 13.2. The zero-order valence-electron chi connectivity index (χ0n) is 24.3. The van der Waals surface area contributed by atoms with Gasteiger partial charge in [0.1, 0.15) is 0 Å². The lowest BCUT2D eigenvalue weighted by Crippen LogP contribution is -2.16. The van der Waals surface area contributed by atoms with Crippen LogP contribution < -0.4 is 0 Å². The average molecular weight is 607 g/mol. The first-order valence-electron chi connectivity index (χ1n) is 15.1. The molecule has 1 N–H and O–H groups in total. The lowest BCUT2D eigenvalue weighted by atomic mass is 10.0. The van der Waals surface area contributed by atoms with Crippen molar-refractivity contribution in [1.29, 1.82) is 0 Å². The molecular weight excluding hydrogens is 560 g/mol. The third-order valence-corrected chi connectivity index (χ3v) is 9.60. The highest BCUT2D eigenvalue weighted by molar-refractivity contribution is 7.86. The second-order valence-electron chi connectivity index (χ2n) is 10.8. The van der Waals surface area contributed by atoms with Gasteiger partial charge in [-0.15, -0.1) is 0 Å². The van der Waals surface area contributed by atoms with Crippen molar-refractivity contribution in [3.8, 4) is 0 Å².